The lowest BCUT2D eigenvalue weighted by molar-refractivity contribution is 0.339. The Labute approximate surface area is 153 Å². The maximum absolute atomic E-state index is 5.88. The molecule has 0 saturated carbocycles. The first-order valence-electron chi connectivity index (χ1n) is 9.34. The largest absolute Gasteiger partial charge is 0.497 e. The first-order chi connectivity index (χ1) is 12.8. The summed E-state index contributed by atoms with van der Waals surface area (Å²) in [6.07, 6.45) is 3.78. The third kappa shape index (κ3) is 3.21. The number of methoxy groups -OCH3 is 1. The second-order valence-electron chi connectivity index (χ2n) is 6.63. The van der Waals surface area contributed by atoms with E-state index in [1.807, 2.05) is 25.1 Å². The van der Waals surface area contributed by atoms with Crippen LogP contribution >= 0.6 is 0 Å². The van der Waals surface area contributed by atoms with Gasteiger partial charge in [0.1, 0.15) is 17.3 Å². The first kappa shape index (κ1) is 16.8. The second-order valence-corrected chi connectivity index (χ2v) is 6.63. The lowest BCUT2D eigenvalue weighted by Crippen LogP contribution is -2.29. The molecule has 136 valence electrons. The third-order valence-corrected chi connectivity index (χ3v) is 4.92. The van der Waals surface area contributed by atoms with E-state index in [4.69, 9.17) is 14.5 Å². The van der Waals surface area contributed by atoms with Crippen LogP contribution in [0.4, 0.5) is 5.69 Å². The highest BCUT2D eigenvalue weighted by Crippen LogP contribution is 2.35. The van der Waals surface area contributed by atoms with Gasteiger partial charge in [0.15, 0.2) is 0 Å². The number of ether oxygens (including phenoxy) is 2. The number of hydrogen-bond donors (Lipinski definition) is 1. The van der Waals surface area contributed by atoms with Gasteiger partial charge in [-0.25, -0.2) is 4.98 Å². The molecule has 0 unspecified atom stereocenters. The number of anilines is 1. The topological polar surface area (TPSA) is 50.4 Å². The molecule has 0 bridgehead atoms. The number of piperidine rings is 1. The molecule has 1 fully saturated rings. The Kier molecular flexibility index (Phi) is 4.69. The molecule has 2 heterocycles. The number of H-pyrrole nitrogens is 1. The summed E-state index contributed by atoms with van der Waals surface area (Å²) in [5.74, 6) is 2.65. The van der Waals surface area contributed by atoms with Gasteiger partial charge in [0, 0.05) is 24.7 Å². The van der Waals surface area contributed by atoms with Gasteiger partial charge in [-0.3, -0.25) is 0 Å². The van der Waals surface area contributed by atoms with Crippen molar-refractivity contribution in [1.29, 1.82) is 0 Å². The highest BCUT2D eigenvalue weighted by molar-refractivity contribution is 5.81. The number of imidazole rings is 1. The van der Waals surface area contributed by atoms with Gasteiger partial charge in [0.25, 0.3) is 0 Å². The molecule has 0 radical (unpaired) electrons. The van der Waals surface area contributed by atoms with E-state index in [-0.39, 0.29) is 0 Å². The smallest absolute Gasteiger partial charge is 0.142 e. The number of fused-ring (bicyclic) bond motifs is 1. The SMILES string of the molecule is CCOc1ccc(-c2nc3ccc(OC)cc3[nH]2)cc1N1CCCCC1. The van der Waals surface area contributed by atoms with Crippen LogP contribution in [0.2, 0.25) is 0 Å². The van der Waals surface area contributed by atoms with Gasteiger partial charge in [0.2, 0.25) is 0 Å². The fourth-order valence-corrected chi connectivity index (χ4v) is 3.58. The third-order valence-electron chi connectivity index (χ3n) is 4.92. The minimum Gasteiger partial charge on any atom is -0.497 e. The quantitative estimate of drug-likeness (QED) is 0.728. The van der Waals surface area contributed by atoms with Gasteiger partial charge in [-0.2, -0.15) is 0 Å². The Morgan fingerprint density at radius 2 is 1.92 bits per heavy atom. The maximum atomic E-state index is 5.88. The minimum atomic E-state index is 0.671. The summed E-state index contributed by atoms with van der Waals surface area (Å²) >= 11 is 0. The number of hydrogen-bond acceptors (Lipinski definition) is 4. The van der Waals surface area contributed by atoms with Crippen molar-refractivity contribution < 1.29 is 9.47 Å². The molecule has 0 amide bonds. The Hall–Kier alpha value is -2.69. The number of nitrogens with zero attached hydrogens (tertiary/aromatic N) is 2. The molecular weight excluding hydrogens is 326 g/mol. The van der Waals surface area contributed by atoms with Gasteiger partial charge in [-0.05, 0) is 56.5 Å². The second kappa shape index (κ2) is 7.28. The van der Waals surface area contributed by atoms with Crippen LogP contribution in [-0.2, 0) is 0 Å². The predicted molar refractivity (Wildman–Crippen MR) is 105 cm³/mol. The van der Waals surface area contributed by atoms with Crippen molar-refractivity contribution in [2.75, 3.05) is 31.7 Å². The molecule has 0 spiro atoms. The summed E-state index contributed by atoms with van der Waals surface area (Å²) in [7, 11) is 1.68. The molecule has 1 aromatic heterocycles. The van der Waals surface area contributed by atoms with Gasteiger partial charge in [0.05, 0.1) is 30.4 Å². The molecule has 2 aromatic carbocycles. The molecule has 1 aliphatic heterocycles. The average Bonchev–Trinajstić information content (AvgIpc) is 3.12. The average molecular weight is 351 g/mol. The van der Waals surface area contributed by atoms with Crippen LogP contribution in [0.3, 0.4) is 0 Å². The molecule has 1 saturated heterocycles. The molecule has 0 atom stereocenters. The van der Waals surface area contributed by atoms with Crippen molar-refractivity contribution in [2.24, 2.45) is 0 Å². The van der Waals surface area contributed by atoms with E-state index in [1.165, 1.54) is 24.9 Å². The normalized spacial score (nSPS) is 14.6. The zero-order valence-corrected chi connectivity index (χ0v) is 15.4. The van der Waals surface area contributed by atoms with Gasteiger partial charge in [-0.1, -0.05) is 0 Å². The summed E-state index contributed by atoms with van der Waals surface area (Å²) < 4.78 is 11.2. The van der Waals surface area contributed by atoms with Crippen LogP contribution in [0.25, 0.3) is 22.4 Å². The van der Waals surface area contributed by atoms with E-state index in [9.17, 15) is 0 Å². The van der Waals surface area contributed by atoms with Crippen LogP contribution in [0.1, 0.15) is 26.2 Å². The highest BCUT2D eigenvalue weighted by Gasteiger charge is 2.17. The lowest BCUT2D eigenvalue weighted by atomic mass is 10.1. The maximum Gasteiger partial charge on any atom is 0.142 e. The monoisotopic (exact) mass is 351 g/mol. The van der Waals surface area contributed by atoms with Crippen LogP contribution in [0, 0.1) is 0 Å². The van der Waals surface area contributed by atoms with Crippen molar-refractivity contribution in [1.82, 2.24) is 9.97 Å². The standard InChI is InChI=1S/C21H25N3O2/c1-3-26-20-10-7-15(13-19(20)24-11-5-4-6-12-24)21-22-17-9-8-16(25-2)14-18(17)23-21/h7-10,13-14H,3-6,11-12H2,1-2H3,(H,22,23). The van der Waals surface area contributed by atoms with E-state index in [0.29, 0.717) is 6.61 Å². The number of benzene rings is 2. The van der Waals surface area contributed by atoms with E-state index in [0.717, 1.165) is 47.0 Å². The van der Waals surface area contributed by atoms with Crippen molar-refractivity contribution >= 4 is 16.7 Å². The number of nitrogens with one attached hydrogen (secondary N) is 1. The van der Waals surface area contributed by atoms with Gasteiger partial charge in [-0.15, -0.1) is 0 Å². The van der Waals surface area contributed by atoms with Crippen LogP contribution in [0.5, 0.6) is 11.5 Å². The molecule has 26 heavy (non-hydrogen) atoms. The molecule has 1 aliphatic rings. The van der Waals surface area contributed by atoms with Gasteiger partial charge >= 0.3 is 0 Å². The Balaban J connectivity index is 1.74. The molecule has 5 heteroatoms. The first-order valence-corrected chi connectivity index (χ1v) is 9.34. The van der Waals surface area contributed by atoms with Crippen molar-refractivity contribution in [3.63, 3.8) is 0 Å². The van der Waals surface area contributed by atoms with E-state index < -0.39 is 0 Å². The predicted octanol–water partition coefficient (Wildman–Crippen LogP) is 4.63. The summed E-state index contributed by atoms with van der Waals surface area (Å²) in [5.41, 5.74) is 4.16. The fraction of sp³-hybridized carbons (Fsp3) is 0.381. The summed E-state index contributed by atoms with van der Waals surface area (Å²) in [6.45, 7) is 4.87. The van der Waals surface area contributed by atoms with Crippen LogP contribution in [-0.4, -0.2) is 36.8 Å². The summed E-state index contributed by atoms with van der Waals surface area (Å²) in [5, 5.41) is 0. The Morgan fingerprint density at radius 3 is 2.69 bits per heavy atom. The fourth-order valence-electron chi connectivity index (χ4n) is 3.58. The van der Waals surface area contributed by atoms with Crippen molar-refractivity contribution in [3.05, 3.63) is 36.4 Å². The van der Waals surface area contributed by atoms with Crippen molar-refractivity contribution in [2.45, 2.75) is 26.2 Å². The Bertz CT molecular complexity index is 897. The summed E-state index contributed by atoms with van der Waals surface area (Å²) in [6, 6.07) is 12.2. The van der Waals surface area contributed by atoms with Crippen LogP contribution < -0.4 is 14.4 Å². The molecular formula is C21H25N3O2. The molecule has 0 aliphatic carbocycles. The molecule has 4 rings (SSSR count). The number of aromatic amines is 1. The lowest BCUT2D eigenvalue weighted by Gasteiger charge is -2.30. The van der Waals surface area contributed by atoms with Crippen molar-refractivity contribution in [3.8, 4) is 22.9 Å². The summed E-state index contributed by atoms with van der Waals surface area (Å²) in [4.78, 5) is 10.6. The molecule has 3 aromatic rings. The Morgan fingerprint density at radius 1 is 1.08 bits per heavy atom. The zero-order valence-electron chi connectivity index (χ0n) is 15.4. The van der Waals surface area contributed by atoms with E-state index in [1.54, 1.807) is 7.11 Å². The van der Waals surface area contributed by atoms with Gasteiger partial charge < -0.3 is 19.4 Å². The zero-order chi connectivity index (χ0) is 17.9. The number of aromatic nitrogens is 2. The van der Waals surface area contributed by atoms with E-state index >= 15 is 0 Å². The van der Waals surface area contributed by atoms with Crippen LogP contribution in [0.15, 0.2) is 36.4 Å². The minimum absolute atomic E-state index is 0.671. The molecule has 5 nitrogen and oxygen atoms in total. The number of rotatable bonds is 5. The molecule has 1 N–H and O–H groups in total. The highest BCUT2D eigenvalue weighted by atomic mass is 16.5. The van der Waals surface area contributed by atoms with E-state index in [2.05, 4.69) is 28.1 Å².